The highest BCUT2D eigenvalue weighted by Crippen LogP contribution is 2.37. The molecule has 3 heteroatoms. The minimum Gasteiger partial charge on any atom is -0.391 e. The maximum Gasteiger partial charge on any atom is 0.0760 e. The third kappa shape index (κ3) is 2.57. The van der Waals surface area contributed by atoms with Gasteiger partial charge in [0.25, 0.3) is 0 Å². The van der Waals surface area contributed by atoms with Crippen molar-refractivity contribution in [3.05, 3.63) is 34.9 Å². The Labute approximate surface area is 103 Å². The lowest BCUT2D eigenvalue weighted by Gasteiger charge is -2.21. The highest BCUT2D eigenvalue weighted by atomic mass is 35.5. The van der Waals surface area contributed by atoms with E-state index in [0.29, 0.717) is 5.92 Å². The molecular formula is C13H20ClNO. The van der Waals surface area contributed by atoms with Crippen LogP contribution in [0.5, 0.6) is 0 Å². The van der Waals surface area contributed by atoms with Crippen molar-refractivity contribution in [2.75, 3.05) is 0 Å². The number of aryl methyl sites for hydroxylation is 1. The van der Waals surface area contributed by atoms with Crippen LogP contribution < -0.4 is 5.73 Å². The van der Waals surface area contributed by atoms with Gasteiger partial charge in [-0.15, -0.1) is 12.4 Å². The van der Waals surface area contributed by atoms with Crippen molar-refractivity contribution < 1.29 is 5.11 Å². The Hall–Kier alpha value is -0.570. The molecule has 0 amide bonds. The van der Waals surface area contributed by atoms with E-state index in [4.69, 9.17) is 5.73 Å². The van der Waals surface area contributed by atoms with E-state index in [1.54, 1.807) is 0 Å². The van der Waals surface area contributed by atoms with Crippen LogP contribution in [0, 0.1) is 19.8 Å². The van der Waals surface area contributed by atoms with Gasteiger partial charge in [0.2, 0.25) is 0 Å². The van der Waals surface area contributed by atoms with Crippen molar-refractivity contribution in [1.82, 2.24) is 0 Å². The molecule has 0 aliphatic heterocycles. The van der Waals surface area contributed by atoms with Crippen LogP contribution in [-0.4, -0.2) is 11.2 Å². The molecule has 0 unspecified atom stereocenters. The molecule has 1 saturated carbocycles. The molecule has 1 aliphatic carbocycles. The average molecular weight is 242 g/mol. The van der Waals surface area contributed by atoms with Gasteiger partial charge in [-0.25, -0.2) is 0 Å². The van der Waals surface area contributed by atoms with Crippen molar-refractivity contribution in [2.24, 2.45) is 11.7 Å². The minimum atomic E-state index is -0.370. The lowest BCUT2D eigenvalue weighted by molar-refractivity contribution is 0.122. The molecule has 2 nitrogen and oxygen atoms in total. The Bertz CT molecular complexity index is 363. The molecule has 0 aromatic heterocycles. The van der Waals surface area contributed by atoms with E-state index < -0.39 is 0 Å². The van der Waals surface area contributed by atoms with Gasteiger partial charge in [0.15, 0.2) is 0 Å². The summed E-state index contributed by atoms with van der Waals surface area (Å²) in [5, 5.41) is 10.0. The number of halogens is 1. The number of aliphatic hydroxyl groups excluding tert-OH is 1. The smallest absolute Gasteiger partial charge is 0.0760 e. The van der Waals surface area contributed by atoms with Crippen molar-refractivity contribution in [3.8, 4) is 0 Å². The first-order chi connectivity index (χ1) is 7.11. The highest BCUT2D eigenvalue weighted by Gasteiger charge is 2.34. The zero-order chi connectivity index (χ0) is 11.0. The van der Waals surface area contributed by atoms with Crippen LogP contribution >= 0.6 is 12.4 Å². The van der Waals surface area contributed by atoms with Gasteiger partial charge in [0.05, 0.1) is 12.1 Å². The second-order valence-electron chi connectivity index (χ2n) is 4.64. The van der Waals surface area contributed by atoms with Crippen LogP contribution in [0.15, 0.2) is 18.2 Å². The molecule has 16 heavy (non-hydrogen) atoms. The zero-order valence-electron chi connectivity index (χ0n) is 9.81. The third-order valence-corrected chi connectivity index (χ3v) is 3.48. The first-order valence-electron chi connectivity index (χ1n) is 5.61. The third-order valence-electron chi connectivity index (χ3n) is 3.48. The van der Waals surface area contributed by atoms with Gasteiger partial charge in [-0.3, -0.25) is 0 Å². The Kier molecular flexibility index (Phi) is 4.36. The van der Waals surface area contributed by atoms with Crippen molar-refractivity contribution in [3.63, 3.8) is 0 Å². The van der Waals surface area contributed by atoms with E-state index in [1.807, 2.05) is 12.1 Å². The van der Waals surface area contributed by atoms with Gasteiger partial charge >= 0.3 is 0 Å². The lowest BCUT2D eigenvalue weighted by Crippen LogP contribution is -2.28. The fourth-order valence-electron chi connectivity index (χ4n) is 2.05. The molecule has 0 bridgehead atoms. The van der Waals surface area contributed by atoms with Gasteiger partial charge in [0, 0.05) is 0 Å². The largest absolute Gasteiger partial charge is 0.391 e. The molecule has 1 fully saturated rings. The van der Waals surface area contributed by atoms with Crippen LogP contribution in [0.3, 0.4) is 0 Å². The minimum absolute atomic E-state index is 0. The van der Waals surface area contributed by atoms with Gasteiger partial charge in [0.1, 0.15) is 0 Å². The molecule has 2 rings (SSSR count). The average Bonchev–Trinajstić information content (AvgIpc) is 3.03. The van der Waals surface area contributed by atoms with Crippen LogP contribution in [0.4, 0.5) is 0 Å². The molecule has 3 N–H and O–H groups in total. The predicted octanol–water partition coefficient (Wildman–Crippen LogP) is 2.50. The maximum absolute atomic E-state index is 10.0. The van der Waals surface area contributed by atoms with Gasteiger partial charge in [-0.1, -0.05) is 18.2 Å². The molecule has 2 atom stereocenters. The standard InChI is InChI=1S/C13H19NO.ClH/c1-8-4-3-5-11(9(8)2)12(14)13(15)10-6-7-10;/h3-5,10,12-13,15H,6-7,14H2,1-2H3;1H/t12-,13+;/m1./s1. The quantitative estimate of drug-likeness (QED) is 0.854. The van der Waals surface area contributed by atoms with Crippen molar-refractivity contribution >= 4 is 12.4 Å². The van der Waals surface area contributed by atoms with E-state index in [9.17, 15) is 5.11 Å². The first-order valence-corrected chi connectivity index (χ1v) is 5.61. The molecule has 1 aromatic rings. The number of aliphatic hydroxyl groups is 1. The topological polar surface area (TPSA) is 46.2 Å². The Morgan fingerprint density at radius 3 is 2.50 bits per heavy atom. The molecule has 0 spiro atoms. The number of rotatable bonds is 3. The summed E-state index contributed by atoms with van der Waals surface area (Å²) < 4.78 is 0. The molecule has 1 aromatic carbocycles. The fourth-order valence-corrected chi connectivity index (χ4v) is 2.05. The van der Waals surface area contributed by atoms with E-state index in [2.05, 4.69) is 19.9 Å². The SMILES string of the molecule is Cc1cccc([C@@H](N)[C@@H](O)C2CC2)c1C.Cl. The van der Waals surface area contributed by atoms with E-state index in [0.717, 1.165) is 18.4 Å². The van der Waals surface area contributed by atoms with E-state index in [1.165, 1.54) is 11.1 Å². The summed E-state index contributed by atoms with van der Waals surface area (Å²) in [6, 6.07) is 5.89. The number of benzene rings is 1. The monoisotopic (exact) mass is 241 g/mol. The Morgan fingerprint density at radius 2 is 1.94 bits per heavy atom. The summed E-state index contributed by atoms with van der Waals surface area (Å²) >= 11 is 0. The van der Waals surface area contributed by atoms with Gasteiger partial charge < -0.3 is 10.8 Å². The summed E-state index contributed by atoms with van der Waals surface area (Å²) in [5.74, 6) is 0.430. The van der Waals surface area contributed by atoms with Gasteiger partial charge in [-0.2, -0.15) is 0 Å². The summed E-state index contributed by atoms with van der Waals surface area (Å²) in [6.07, 6.45) is 1.88. The lowest BCUT2D eigenvalue weighted by atomic mass is 9.93. The summed E-state index contributed by atoms with van der Waals surface area (Å²) in [4.78, 5) is 0. The molecule has 0 saturated heterocycles. The van der Waals surface area contributed by atoms with E-state index >= 15 is 0 Å². The Balaban J connectivity index is 0.00000128. The van der Waals surface area contributed by atoms with Crippen molar-refractivity contribution in [2.45, 2.75) is 38.8 Å². The van der Waals surface area contributed by atoms with Crippen LogP contribution in [-0.2, 0) is 0 Å². The van der Waals surface area contributed by atoms with Crippen LogP contribution in [0.1, 0.15) is 35.6 Å². The van der Waals surface area contributed by atoms with E-state index in [-0.39, 0.29) is 24.6 Å². The molecule has 1 aliphatic rings. The normalized spacial score (nSPS) is 18.8. The number of hydrogen-bond acceptors (Lipinski definition) is 2. The second-order valence-corrected chi connectivity index (χ2v) is 4.64. The van der Waals surface area contributed by atoms with Crippen molar-refractivity contribution in [1.29, 1.82) is 0 Å². The predicted molar refractivity (Wildman–Crippen MR) is 68.8 cm³/mol. The van der Waals surface area contributed by atoms with Crippen LogP contribution in [0.2, 0.25) is 0 Å². The summed E-state index contributed by atoms with van der Waals surface area (Å²) in [7, 11) is 0. The van der Waals surface area contributed by atoms with Crippen LogP contribution in [0.25, 0.3) is 0 Å². The first kappa shape index (κ1) is 13.5. The summed E-state index contributed by atoms with van der Waals surface area (Å²) in [6.45, 7) is 4.15. The zero-order valence-corrected chi connectivity index (χ0v) is 10.6. The Morgan fingerprint density at radius 1 is 1.31 bits per heavy atom. The second kappa shape index (κ2) is 5.17. The van der Waals surface area contributed by atoms with Gasteiger partial charge in [-0.05, 0) is 49.3 Å². The highest BCUT2D eigenvalue weighted by molar-refractivity contribution is 5.85. The molecule has 0 heterocycles. The molecule has 0 radical (unpaired) electrons. The number of nitrogens with two attached hydrogens (primary N) is 1. The molecule has 90 valence electrons. The number of hydrogen-bond donors (Lipinski definition) is 2. The summed E-state index contributed by atoms with van der Waals surface area (Å²) in [5.41, 5.74) is 9.65. The maximum atomic E-state index is 10.0. The molecular weight excluding hydrogens is 222 g/mol. The fraction of sp³-hybridized carbons (Fsp3) is 0.538.